The molecule has 0 unspecified atom stereocenters. The fraction of sp³-hybridized carbons (Fsp3) is 0.520. The van der Waals surface area contributed by atoms with E-state index in [9.17, 15) is 8.78 Å². The molecule has 36 heavy (non-hydrogen) atoms. The molecule has 1 saturated heterocycles. The normalized spacial score (nSPS) is 21.6. The highest BCUT2D eigenvalue weighted by Gasteiger charge is 2.27. The van der Waals surface area contributed by atoms with Gasteiger partial charge in [0.2, 0.25) is 5.95 Å². The number of hydrogen-bond acceptors (Lipinski definition) is 7. The van der Waals surface area contributed by atoms with Gasteiger partial charge in [-0.05, 0) is 44.7 Å². The molecule has 4 aromatic heterocycles. The summed E-state index contributed by atoms with van der Waals surface area (Å²) in [5, 5.41) is 8.19. The number of nitrogens with zero attached hydrogens (tertiary/aromatic N) is 7. The molecule has 9 nitrogen and oxygen atoms in total. The van der Waals surface area contributed by atoms with E-state index in [0.29, 0.717) is 35.0 Å². The van der Waals surface area contributed by atoms with Crippen molar-refractivity contribution in [3.63, 3.8) is 0 Å². The van der Waals surface area contributed by atoms with E-state index >= 15 is 0 Å². The number of aryl methyl sites for hydroxylation is 1. The molecule has 1 aliphatic heterocycles. The van der Waals surface area contributed by atoms with Gasteiger partial charge < -0.3 is 14.6 Å². The highest BCUT2D eigenvalue weighted by Crippen LogP contribution is 2.29. The van der Waals surface area contributed by atoms with E-state index in [1.807, 2.05) is 18.3 Å². The molecule has 0 aromatic carbocycles. The molecule has 5 heterocycles. The van der Waals surface area contributed by atoms with Gasteiger partial charge in [-0.3, -0.25) is 4.90 Å². The van der Waals surface area contributed by atoms with Crippen LogP contribution in [-0.4, -0.2) is 78.8 Å². The predicted octanol–water partition coefficient (Wildman–Crippen LogP) is 3.77. The Kier molecular flexibility index (Phi) is 6.26. The summed E-state index contributed by atoms with van der Waals surface area (Å²) in [5.41, 5.74) is 3.59. The molecule has 2 aliphatic rings. The average Bonchev–Trinajstić information content (AvgIpc) is 3.45. The van der Waals surface area contributed by atoms with Crippen LogP contribution in [0.15, 0.2) is 30.7 Å². The fourth-order valence-corrected chi connectivity index (χ4v) is 5.56. The Morgan fingerprint density at radius 1 is 1.08 bits per heavy atom. The van der Waals surface area contributed by atoms with Crippen LogP contribution in [0.5, 0.6) is 0 Å². The number of ether oxygens (including phenoxy) is 1. The number of hydrogen-bond donors (Lipinski definition) is 1. The Bertz CT molecular complexity index is 1360. The first-order valence-corrected chi connectivity index (χ1v) is 12.6. The van der Waals surface area contributed by atoms with E-state index in [1.54, 1.807) is 23.8 Å². The number of alkyl halides is 2. The fourth-order valence-electron chi connectivity index (χ4n) is 5.56. The third-order valence-corrected chi connectivity index (χ3v) is 7.44. The third-order valence-electron chi connectivity index (χ3n) is 7.44. The summed E-state index contributed by atoms with van der Waals surface area (Å²) >= 11 is 0. The molecular formula is C25H30F2N8O. The first-order valence-electron chi connectivity index (χ1n) is 12.6. The van der Waals surface area contributed by atoms with E-state index in [0.717, 1.165) is 55.8 Å². The van der Waals surface area contributed by atoms with Crippen LogP contribution in [0, 0.1) is 6.92 Å². The van der Waals surface area contributed by atoms with Crippen LogP contribution in [0.3, 0.4) is 0 Å². The second-order valence-electron chi connectivity index (χ2n) is 9.67. The summed E-state index contributed by atoms with van der Waals surface area (Å²) < 4.78 is 35.0. The minimum atomic E-state index is -2.46. The molecule has 0 bridgehead atoms. The van der Waals surface area contributed by atoms with Gasteiger partial charge in [-0.2, -0.15) is 0 Å². The SMILES string of the molecule is Cc1nc2ncc(-c3ccn4nc(N[C@H]5CC[C@@H](N6CCOCC6)CC5)ncc34)cc2n1CC(F)F. The summed E-state index contributed by atoms with van der Waals surface area (Å²) in [4.78, 5) is 15.9. The zero-order valence-electron chi connectivity index (χ0n) is 20.3. The lowest BCUT2D eigenvalue weighted by Crippen LogP contribution is -2.46. The van der Waals surface area contributed by atoms with E-state index < -0.39 is 13.0 Å². The molecule has 1 saturated carbocycles. The van der Waals surface area contributed by atoms with Crippen molar-refractivity contribution in [3.05, 3.63) is 36.5 Å². The molecule has 11 heteroatoms. The molecular weight excluding hydrogens is 466 g/mol. The zero-order chi connectivity index (χ0) is 24.6. The number of aromatic nitrogens is 6. The number of imidazole rings is 1. The maximum atomic E-state index is 13.1. The van der Waals surface area contributed by atoms with Crippen molar-refractivity contribution in [2.75, 3.05) is 31.6 Å². The van der Waals surface area contributed by atoms with Crippen molar-refractivity contribution >= 4 is 22.6 Å². The average molecular weight is 497 g/mol. The number of nitrogens with one attached hydrogen (secondary N) is 1. The van der Waals surface area contributed by atoms with Crippen molar-refractivity contribution < 1.29 is 13.5 Å². The van der Waals surface area contributed by atoms with Gasteiger partial charge in [0.15, 0.2) is 5.65 Å². The van der Waals surface area contributed by atoms with Crippen LogP contribution in [0.4, 0.5) is 14.7 Å². The Morgan fingerprint density at radius 2 is 1.89 bits per heavy atom. The van der Waals surface area contributed by atoms with Crippen molar-refractivity contribution in [2.24, 2.45) is 0 Å². The predicted molar refractivity (Wildman–Crippen MR) is 132 cm³/mol. The quantitative estimate of drug-likeness (QED) is 0.435. The van der Waals surface area contributed by atoms with Gasteiger partial charge in [-0.15, -0.1) is 5.10 Å². The van der Waals surface area contributed by atoms with Crippen LogP contribution in [0.1, 0.15) is 31.5 Å². The number of rotatable bonds is 6. The van der Waals surface area contributed by atoms with Crippen LogP contribution in [0.2, 0.25) is 0 Å². The molecule has 0 spiro atoms. The Morgan fingerprint density at radius 3 is 2.67 bits per heavy atom. The van der Waals surface area contributed by atoms with Crippen LogP contribution >= 0.6 is 0 Å². The van der Waals surface area contributed by atoms with Gasteiger partial charge in [-0.1, -0.05) is 0 Å². The van der Waals surface area contributed by atoms with E-state index in [2.05, 4.69) is 30.3 Å². The topological polar surface area (TPSA) is 85.4 Å². The lowest BCUT2D eigenvalue weighted by atomic mass is 9.90. The maximum Gasteiger partial charge on any atom is 0.256 e. The Balaban J connectivity index is 1.18. The molecule has 6 rings (SSSR count). The first kappa shape index (κ1) is 23.2. The lowest BCUT2D eigenvalue weighted by molar-refractivity contribution is 0.00790. The van der Waals surface area contributed by atoms with Crippen molar-refractivity contribution in [1.82, 2.24) is 34.0 Å². The minimum absolute atomic E-state index is 0.361. The minimum Gasteiger partial charge on any atom is -0.379 e. The molecule has 2 fully saturated rings. The number of anilines is 1. The first-order chi connectivity index (χ1) is 17.5. The van der Waals surface area contributed by atoms with E-state index in [4.69, 9.17) is 4.74 Å². The van der Waals surface area contributed by atoms with Crippen molar-refractivity contribution in [2.45, 2.75) is 57.7 Å². The summed E-state index contributed by atoms with van der Waals surface area (Å²) in [6.45, 7) is 5.07. The summed E-state index contributed by atoms with van der Waals surface area (Å²) in [7, 11) is 0. The van der Waals surface area contributed by atoms with Crippen LogP contribution < -0.4 is 5.32 Å². The Labute approximate surface area is 207 Å². The van der Waals surface area contributed by atoms with Gasteiger partial charge in [0.05, 0.1) is 37.0 Å². The van der Waals surface area contributed by atoms with Gasteiger partial charge in [0.25, 0.3) is 6.43 Å². The molecule has 1 aliphatic carbocycles. The van der Waals surface area contributed by atoms with Crippen LogP contribution in [0.25, 0.3) is 27.8 Å². The van der Waals surface area contributed by atoms with Crippen molar-refractivity contribution in [1.29, 1.82) is 0 Å². The number of pyridine rings is 1. The summed E-state index contributed by atoms with van der Waals surface area (Å²) in [6.07, 6.45) is 7.48. The van der Waals surface area contributed by atoms with Gasteiger partial charge in [-0.25, -0.2) is 28.2 Å². The highest BCUT2D eigenvalue weighted by molar-refractivity contribution is 5.85. The van der Waals surface area contributed by atoms with E-state index in [1.165, 1.54) is 17.4 Å². The molecule has 0 radical (unpaired) electrons. The number of halogens is 2. The van der Waals surface area contributed by atoms with Gasteiger partial charge in [0.1, 0.15) is 5.82 Å². The van der Waals surface area contributed by atoms with Crippen molar-refractivity contribution in [3.8, 4) is 11.1 Å². The summed E-state index contributed by atoms with van der Waals surface area (Å²) in [5.74, 6) is 1.13. The van der Waals surface area contributed by atoms with E-state index in [-0.39, 0.29) is 0 Å². The smallest absolute Gasteiger partial charge is 0.256 e. The Hall–Kier alpha value is -3.18. The third kappa shape index (κ3) is 4.53. The second kappa shape index (κ2) is 9.70. The van der Waals surface area contributed by atoms with Gasteiger partial charge in [0, 0.05) is 48.7 Å². The lowest BCUT2D eigenvalue weighted by Gasteiger charge is -2.38. The van der Waals surface area contributed by atoms with Crippen LogP contribution in [-0.2, 0) is 11.3 Å². The molecule has 0 atom stereocenters. The zero-order valence-corrected chi connectivity index (χ0v) is 20.3. The number of fused-ring (bicyclic) bond motifs is 2. The summed E-state index contributed by atoms with van der Waals surface area (Å²) in [6, 6.07) is 4.82. The molecule has 1 N–H and O–H groups in total. The van der Waals surface area contributed by atoms with Gasteiger partial charge >= 0.3 is 0 Å². The second-order valence-corrected chi connectivity index (χ2v) is 9.67. The maximum absolute atomic E-state index is 13.1. The highest BCUT2D eigenvalue weighted by atomic mass is 19.3. The largest absolute Gasteiger partial charge is 0.379 e. The standard InChI is InChI=1S/C25H30F2N8O/c1-16-30-24-21(34(16)15-23(26)27)12-17(13-28-24)20-6-7-35-22(20)14-29-25(32-35)31-18-2-4-19(5-3-18)33-8-10-36-11-9-33/h6-7,12-14,18-19,23H,2-5,8-11,15H2,1H3,(H,31,32)/t18-,19+. The monoisotopic (exact) mass is 496 g/mol. The number of morpholine rings is 1. The molecule has 190 valence electrons. The molecule has 4 aromatic rings. The molecule has 0 amide bonds.